The van der Waals surface area contributed by atoms with Gasteiger partial charge in [-0.05, 0) is 53.3 Å². The lowest BCUT2D eigenvalue weighted by atomic mass is 10.1. The molecule has 4 nitrogen and oxygen atoms in total. The minimum absolute atomic E-state index is 0.0466. The summed E-state index contributed by atoms with van der Waals surface area (Å²) in [5, 5.41) is 0. The number of halogens is 2. The van der Waals surface area contributed by atoms with Crippen molar-refractivity contribution in [1.29, 1.82) is 0 Å². The third-order valence-corrected chi connectivity index (χ3v) is 5.01. The van der Waals surface area contributed by atoms with Crippen LogP contribution in [0, 0.1) is 16.4 Å². The Labute approximate surface area is 130 Å². The third-order valence-electron chi connectivity index (χ3n) is 3.09. The van der Waals surface area contributed by atoms with Gasteiger partial charge in [-0.3, -0.25) is 4.79 Å². The molecule has 1 unspecified atom stereocenters. The Morgan fingerprint density at radius 1 is 1.47 bits per heavy atom. The molecule has 1 fully saturated rings. The normalized spacial score (nSPS) is 20.1. The van der Waals surface area contributed by atoms with Crippen molar-refractivity contribution in [1.82, 2.24) is 0 Å². The summed E-state index contributed by atoms with van der Waals surface area (Å²) in [4.78, 5) is 13.6. The van der Waals surface area contributed by atoms with E-state index >= 15 is 0 Å². The van der Waals surface area contributed by atoms with Crippen LogP contribution >= 0.6 is 33.3 Å². The van der Waals surface area contributed by atoms with Gasteiger partial charge in [-0.1, -0.05) is 0 Å². The van der Waals surface area contributed by atoms with E-state index in [1.54, 1.807) is 4.90 Å². The second kappa shape index (κ2) is 5.57. The second-order valence-electron chi connectivity index (χ2n) is 4.71. The molecule has 0 bridgehead atoms. The van der Waals surface area contributed by atoms with E-state index < -0.39 is 9.05 Å². The predicted molar refractivity (Wildman–Crippen MR) is 84.0 cm³/mol. The smallest absolute Gasteiger partial charge is 0.232 e. The van der Waals surface area contributed by atoms with Crippen LogP contribution in [-0.4, -0.2) is 26.6 Å². The van der Waals surface area contributed by atoms with E-state index in [9.17, 15) is 13.2 Å². The Morgan fingerprint density at radius 3 is 2.74 bits per heavy atom. The van der Waals surface area contributed by atoms with Gasteiger partial charge in [-0.25, -0.2) is 8.42 Å². The van der Waals surface area contributed by atoms with Crippen LogP contribution in [0.3, 0.4) is 0 Å². The maximum Gasteiger partial charge on any atom is 0.232 e. The number of amides is 1. The summed E-state index contributed by atoms with van der Waals surface area (Å²) in [6.45, 7) is 2.35. The Kier molecular flexibility index (Phi) is 4.42. The highest BCUT2D eigenvalue weighted by molar-refractivity contribution is 14.1. The summed E-state index contributed by atoms with van der Waals surface area (Å²) >= 11 is 2.21. The van der Waals surface area contributed by atoms with Crippen molar-refractivity contribution < 1.29 is 13.2 Å². The van der Waals surface area contributed by atoms with Crippen LogP contribution < -0.4 is 4.90 Å². The number of rotatable bonds is 3. The summed E-state index contributed by atoms with van der Waals surface area (Å²) in [5.41, 5.74) is 1.86. The molecule has 1 aromatic rings. The molecule has 0 saturated carbocycles. The van der Waals surface area contributed by atoms with Crippen LogP contribution in [0.25, 0.3) is 0 Å². The van der Waals surface area contributed by atoms with Crippen LogP contribution in [0.1, 0.15) is 12.0 Å². The average molecular weight is 414 g/mol. The highest BCUT2D eigenvalue weighted by Gasteiger charge is 2.33. The molecule has 1 heterocycles. The molecule has 0 N–H and O–H groups in total. The Bertz CT molecular complexity index is 617. The van der Waals surface area contributed by atoms with Crippen molar-refractivity contribution >= 4 is 53.9 Å². The molecule has 1 saturated heterocycles. The molecule has 7 heteroatoms. The zero-order chi connectivity index (χ0) is 14.2. The molecular formula is C12H13ClINO3S. The van der Waals surface area contributed by atoms with E-state index in [0.717, 1.165) is 14.8 Å². The molecule has 0 aromatic heterocycles. The van der Waals surface area contributed by atoms with Crippen molar-refractivity contribution in [2.24, 2.45) is 5.92 Å². The Balaban J connectivity index is 2.20. The van der Waals surface area contributed by atoms with E-state index in [0.29, 0.717) is 6.54 Å². The average Bonchev–Trinajstić information content (AvgIpc) is 2.56. The number of hydrogen-bond acceptors (Lipinski definition) is 3. The number of benzene rings is 1. The lowest BCUT2D eigenvalue weighted by Gasteiger charge is -2.19. The molecule has 1 aliphatic rings. The van der Waals surface area contributed by atoms with E-state index in [1.165, 1.54) is 0 Å². The number of anilines is 1. The fraction of sp³-hybridized carbons (Fsp3) is 0.417. The molecule has 1 atom stereocenters. The van der Waals surface area contributed by atoms with Crippen molar-refractivity contribution in [3.63, 3.8) is 0 Å². The molecule has 19 heavy (non-hydrogen) atoms. The zero-order valence-corrected chi connectivity index (χ0v) is 14.0. The summed E-state index contributed by atoms with van der Waals surface area (Å²) in [6, 6.07) is 5.82. The van der Waals surface area contributed by atoms with Crippen LogP contribution in [0.2, 0.25) is 0 Å². The minimum atomic E-state index is -3.56. The fourth-order valence-corrected chi connectivity index (χ4v) is 4.30. The van der Waals surface area contributed by atoms with Crippen LogP contribution in [0.4, 0.5) is 5.69 Å². The van der Waals surface area contributed by atoms with Crippen molar-refractivity contribution in [3.05, 3.63) is 27.3 Å². The van der Waals surface area contributed by atoms with Gasteiger partial charge in [0.25, 0.3) is 0 Å². The zero-order valence-electron chi connectivity index (χ0n) is 10.3. The lowest BCUT2D eigenvalue weighted by molar-refractivity contribution is -0.117. The standard InChI is InChI=1S/C12H13ClINO3S/c1-8-4-10(14)2-3-11(8)15-6-9(5-12(15)16)7-19(13,17)18/h2-4,9H,5-7H2,1H3. The third kappa shape index (κ3) is 3.82. The van der Waals surface area contributed by atoms with Crippen molar-refractivity contribution in [2.75, 3.05) is 17.2 Å². The number of aryl methyl sites for hydroxylation is 1. The minimum Gasteiger partial charge on any atom is -0.312 e. The molecule has 104 valence electrons. The van der Waals surface area contributed by atoms with Crippen molar-refractivity contribution in [2.45, 2.75) is 13.3 Å². The number of carbonyl (C=O) groups is 1. The van der Waals surface area contributed by atoms with Gasteiger partial charge in [0.1, 0.15) is 0 Å². The van der Waals surface area contributed by atoms with Gasteiger partial charge in [-0.2, -0.15) is 0 Å². The van der Waals surface area contributed by atoms with Gasteiger partial charge in [0.2, 0.25) is 15.0 Å². The first-order valence-corrected chi connectivity index (χ1v) is 9.31. The molecule has 0 spiro atoms. The van der Waals surface area contributed by atoms with E-state index in [4.69, 9.17) is 10.7 Å². The summed E-state index contributed by atoms with van der Waals surface area (Å²) in [5.74, 6) is -0.427. The van der Waals surface area contributed by atoms with Gasteiger partial charge in [0.15, 0.2) is 0 Å². The molecule has 0 radical (unpaired) electrons. The summed E-state index contributed by atoms with van der Waals surface area (Å²) in [7, 11) is 1.69. The topological polar surface area (TPSA) is 54.5 Å². The van der Waals surface area contributed by atoms with Crippen molar-refractivity contribution in [3.8, 4) is 0 Å². The van der Waals surface area contributed by atoms with E-state index in [-0.39, 0.29) is 24.0 Å². The number of carbonyl (C=O) groups excluding carboxylic acids is 1. The lowest BCUT2D eigenvalue weighted by Crippen LogP contribution is -2.26. The fourth-order valence-electron chi connectivity index (χ4n) is 2.33. The molecular weight excluding hydrogens is 401 g/mol. The summed E-state index contributed by atoms with van der Waals surface area (Å²) in [6.07, 6.45) is 0.234. The van der Waals surface area contributed by atoms with E-state index in [2.05, 4.69) is 22.6 Å². The maximum absolute atomic E-state index is 12.0. The molecule has 2 rings (SSSR count). The SMILES string of the molecule is Cc1cc(I)ccc1N1CC(CS(=O)(=O)Cl)CC1=O. The predicted octanol–water partition coefficient (Wildman–Crippen LogP) is 2.52. The quantitative estimate of drug-likeness (QED) is 0.565. The molecule has 0 aliphatic carbocycles. The largest absolute Gasteiger partial charge is 0.312 e. The Hall–Kier alpha value is -0.340. The van der Waals surface area contributed by atoms with Gasteiger partial charge < -0.3 is 4.90 Å². The van der Waals surface area contributed by atoms with Gasteiger partial charge in [0, 0.05) is 38.8 Å². The maximum atomic E-state index is 12.0. The van der Waals surface area contributed by atoms with Gasteiger partial charge >= 0.3 is 0 Å². The monoisotopic (exact) mass is 413 g/mol. The first kappa shape index (κ1) is 15.1. The van der Waals surface area contributed by atoms with E-state index in [1.807, 2.05) is 25.1 Å². The molecule has 1 amide bonds. The highest BCUT2D eigenvalue weighted by atomic mass is 127. The number of hydrogen-bond donors (Lipinski definition) is 0. The first-order chi connectivity index (χ1) is 8.76. The first-order valence-electron chi connectivity index (χ1n) is 5.75. The van der Waals surface area contributed by atoms with Crippen LogP contribution in [-0.2, 0) is 13.8 Å². The highest BCUT2D eigenvalue weighted by Crippen LogP contribution is 2.29. The van der Waals surface area contributed by atoms with Crippen LogP contribution in [0.5, 0.6) is 0 Å². The summed E-state index contributed by atoms with van der Waals surface area (Å²) < 4.78 is 23.3. The molecule has 1 aromatic carbocycles. The van der Waals surface area contributed by atoms with Gasteiger partial charge in [0.05, 0.1) is 5.75 Å². The molecule has 1 aliphatic heterocycles. The van der Waals surface area contributed by atoms with Gasteiger partial charge in [-0.15, -0.1) is 0 Å². The second-order valence-corrected chi connectivity index (χ2v) is 8.78. The van der Waals surface area contributed by atoms with Crippen LogP contribution in [0.15, 0.2) is 18.2 Å². The Morgan fingerprint density at radius 2 is 2.16 bits per heavy atom. The number of nitrogens with zero attached hydrogens (tertiary/aromatic N) is 1.